The number of ether oxygens (including phenoxy) is 5. The Morgan fingerprint density at radius 2 is 1.32 bits per heavy atom. The second-order valence-corrected chi connectivity index (χ2v) is 11.7. The number of hydrogen-bond donors (Lipinski definition) is 0. The normalized spacial score (nSPS) is 11.3. The predicted molar refractivity (Wildman–Crippen MR) is 185 cm³/mol. The topological polar surface area (TPSA) is 89.5 Å². The zero-order chi connectivity index (χ0) is 33.0. The molecule has 0 amide bonds. The highest BCUT2D eigenvalue weighted by Crippen LogP contribution is 2.40. The summed E-state index contributed by atoms with van der Waals surface area (Å²) in [5.74, 6) is 2.85. The number of rotatable bonds is 19. The van der Waals surface area contributed by atoms with Crippen molar-refractivity contribution in [3.8, 4) is 34.3 Å². The molecule has 5 rings (SSSR count). The van der Waals surface area contributed by atoms with Gasteiger partial charge in [-0.2, -0.15) is 0 Å². The van der Waals surface area contributed by atoms with Crippen LogP contribution < -0.4 is 24.4 Å². The summed E-state index contributed by atoms with van der Waals surface area (Å²) in [6.07, 6.45) is 11.5. The number of benzene rings is 3. The molecule has 0 aliphatic rings. The maximum atomic E-state index is 13.8. The van der Waals surface area contributed by atoms with Crippen molar-refractivity contribution in [3.63, 3.8) is 0 Å². The summed E-state index contributed by atoms with van der Waals surface area (Å²) in [7, 11) is 6.18. The van der Waals surface area contributed by atoms with E-state index in [9.17, 15) is 4.79 Å². The van der Waals surface area contributed by atoms with Crippen molar-refractivity contribution in [1.82, 2.24) is 0 Å². The molecule has 0 unspecified atom stereocenters. The van der Waals surface area contributed by atoms with Gasteiger partial charge in [0, 0.05) is 24.7 Å². The molecule has 8 nitrogen and oxygen atoms in total. The van der Waals surface area contributed by atoms with Crippen LogP contribution in [0.25, 0.3) is 33.3 Å². The zero-order valence-electron chi connectivity index (χ0n) is 28.0. The molecule has 0 aliphatic heterocycles. The quantitative estimate of drug-likeness (QED) is 0.0823. The molecule has 0 spiro atoms. The van der Waals surface area contributed by atoms with Gasteiger partial charge in [-0.05, 0) is 42.7 Å². The van der Waals surface area contributed by atoms with Crippen LogP contribution >= 0.6 is 0 Å². The minimum absolute atomic E-state index is 0.0885. The minimum Gasteiger partial charge on any atom is -0.496 e. The summed E-state index contributed by atoms with van der Waals surface area (Å²) >= 11 is 0. The first-order valence-electron chi connectivity index (χ1n) is 16.6. The molecule has 0 saturated carbocycles. The predicted octanol–water partition coefficient (Wildman–Crippen LogP) is 9.51. The monoisotopic (exact) mass is 642 g/mol. The number of methoxy groups -OCH3 is 4. The van der Waals surface area contributed by atoms with Crippen molar-refractivity contribution in [2.45, 2.75) is 70.8 Å². The van der Waals surface area contributed by atoms with Crippen molar-refractivity contribution in [2.75, 3.05) is 35.0 Å². The van der Waals surface area contributed by atoms with E-state index in [-0.39, 0.29) is 16.9 Å². The van der Waals surface area contributed by atoms with Crippen molar-refractivity contribution in [2.24, 2.45) is 0 Å². The van der Waals surface area contributed by atoms with Crippen LogP contribution in [0.15, 0.2) is 74.3 Å². The number of fused-ring (bicyclic) bond motifs is 3. The zero-order valence-corrected chi connectivity index (χ0v) is 28.0. The summed E-state index contributed by atoms with van der Waals surface area (Å²) in [6, 6.07) is 19.3. The molecular formula is C39H46O8. The highest BCUT2D eigenvalue weighted by atomic mass is 16.5. The van der Waals surface area contributed by atoms with Crippen LogP contribution in [0.3, 0.4) is 0 Å². The summed E-state index contributed by atoms with van der Waals surface area (Å²) < 4.78 is 40.5. The largest absolute Gasteiger partial charge is 0.496 e. The molecule has 0 fully saturated rings. The van der Waals surface area contributed by atoms with Crippen molar-refractivity contribution in [1.29, 1.82) is 0 Å². The smallest absolute Gasteiger partial charge is 0.239 e. The first-order valence-corrected chi connectivity index (χ1v) is 16.6. The molecule has 0 bridgehead atoms. The lowest BCUT2D eigenvalue weighted by Crippen LogP contribution is -2.08. The van der Waals surface area contributed by atoms with Crippen molar-refractivity contribution < 1.29 is 32.5 Å². The SMILES string of the molecule is COc1ccc(-c2oc3cc(OC)c4cc(CCCCCCCCCCCOCc5ccccc5)oc4c3c(=O)c2OC)cc1OC. The highest BCUT2D eigenvalue weighted by Gasteiger charge is 2.24. The average molecular weight is 643 g/mol. The molecule has 0 aliphatic carbocycles. The van der Waals surface area contributed by atoms with E-state index in [1.807, 2.05) is 24.3 Å². The van der Waals surface area contributed by atoms with Gasteiger partial charge in [0.2, 0.25) is 11.2 Å². The molecule has 250 valence electrons. The Morgan fingerprint density at radius 1 is 0.638 bits per heavy atom. The summed E-state index contributed by atoms with van der Waals surface area (Å²) in [5.41, 5.74) is 2.33. The number of unbranched alkanes of at least 4 members (excludes halogenated alkanes) is 8. The van der Waals surface area contributed by atoms with Crippen LogP contribution in [-0.2, 0) is 17.8 Å². The van der Waals surface area contributed by atoms with Gasteiger partial charge < -0.3 is 32.5 Å². The van der Waals surface area contributed by atoms with E-state index in [0.29, 0.717) is 46.0 Å². The van der Waals surface area contributed by atoms with Gasteiger partial charge in [0.15, 0.2) is 22.8 Å². The maximum Gasteiger partial charge on any atom is 0.239 e. The molecule has 2 heterocycles. The van der Waals surface area contributed by atoms with E-state index in [2.05, 4.69) is 12.1 Å². The summed E-state index contributed by atoms with van der Waals surface area (Å²) in [5, 5.41) is 1.07. The third-order valence-electron chi connectivity index (χ3n) is 8.53. The third kappa shape index (κ3) is 8.30. The van der Waals surface area contributed by atoms with Gasteiger partial charge in [-0.1, -0.05) is 75.3 Å². The Labute approximate surface area is 276 Å². The molecule has 8 heteroatoms. The lowest BCUT2D eigenvalue weighted by molar-refractivity contribution is 0.116. The minimum atomic E-state index is -0.313. The van der Waals surface area contributed by atoms with Crippen LogP contribution in [0.1, 0.15) is 69.1 Å². The Morgan fingerprint density at radius 3 is 2.00 bits per heavy atom. The summed E-state index contributed by atoms with van der Waals surface area (Å²) in [4.78, 5) is 13.8. The fourth-order valence-electron chi connectivity index (χ4n) is 6.01. The average Bonchev–Trinajstić information content (AvgIpc) is 3.53. The molecule has 0 N–H and O–H groups in total. The first kappa shape index (κ1) is 33.9. The molecule has 3 aromatic carbocycles. The van der Waals surface area contributed by atoms with Gasteiger partial charge >= 0.3 is 0 Å². The van der Waals surface area contributed by atoms with E-state index < -0.39 is 0 Å². The van der Waals surface area contributed by atoms with Gasteiger partial charge in [-0.3, -0.25) is 4.79 Å². The molecule has 5 aromatic rings. The summed E-state index contributed by atoms with van der Waals surface area (Å²) in [6.45, 7) is 1.53. The molecule has 0 radical (unpaired) electrons. The fourth-order valence-corrected chi connectivity index (χ4v) is 6.01. The lowest BCUT2D eigenvalue weighted by atomic mass is 10.1. The molecule has 2 aromatic heterocycles. The van der Waals surface area contributed by atoms with Gasteiger partial charge in [0.25, 0.3) is 0 Å². The number of hydrogen-bond acceptors (Lipinski definition) is 8. The van der Waals surface area contributed by atoms with Crippen LogP contribution in [-0.4, -0.2) is 35.0 Å². The van der Waals surface area contributed by atoms with Gasteiger partial charge in [0.1, 0.15) is 22.5 Å². The van der Waals surface area contributed by atoms with Crippen molar-refractivity contribution >= 4 is 21.9 Å². The number of furan rings is 1. The second-order valence-electron chi connectivity index (χ2n) is 11.7. The van der Waals surface area contributed by atoms with E-state index in [4.69, 9.17) is 32.5 Å². The van der Waals surface area contributed by atoms with Gasteiger partial charge in [0.05, 0.1) is 40.4 Å². The fraction of sp³-hybridized carbons (Fsp3) is 0.410. The highest BCUT2D eigenvalue weighted by molar-refractivity contribution is 6.06. The van der Waals surface area contributed by atoms with Crippen LogP contribution in [0.4, 0.5) is 0 Å². The Kier molecular flexibility index (Phi) is 12.2. The maximum absolute atomic E-state index is 13.8. The van der Waals surface area contributed by atoms with E-state index in [1.165, 1.54) is 51.2 Å². The van der Waals surface area contributed by atoms with Crippen LogP contribution in [0, 0.1) is 0 Å². The Hall–Kier alpha value is -4.43. The van der Waals surface area contributed by atoms with E-state index in [0.717, 1.165) is 43.4 Å². The molecule has 47 heavy (non-hydrogen) atoms. The lowest BCUT2D eigenvalue weighted by Gasteiger charge is -2.13. The first-order chi connectivity index (χ1) is 23.1. The Balaban J connectivity index is 1.15. The van der Waals surface area contributed by atoms with Gasteiger partial charge in [-0.25, -0.2) is 0 Å². The van der Waals surface area contributed by atoms with Crippen molar-refractivity contribution in [3.05, 3.63) is 82.2 Å². The van der Waals surface area contributed by atoms with Crippen LogP contribution in [0.2, 0.25) is 0 Å². The third-order valence-corrected chi connectivity index (χ3v) is 8.53. The van der Waals surface area contributed by atoms with Crippen LogP contribution in [0.5, 0.6) is 23.0 Å². The molecular weight excluding hydrogens is 596 g/mol. The van der Waals surface area contributed by atoms with E-state index >= 15 is 0 Å². The second kappa shape index (κ2) is 16.9. The van der Waals surface area contributed by atoms with E-state index in [1.54, 1.807) is 45.6 Å². The molecule has 0 atom stereocenters. The van der Waals surface area contributed by atoms with Gasteiger partial charge in [-0.15, -0.1) is 0 Å². The Bertz CT molecular complexity index is 1790. The standard InChI is InChI=1S/C39H46O8/c1-41-31-21-20-28(23-33(31)43-3)37-39(44-4)36(40)35-34(47-37)25-32(42-2)30-24-29(46-38(30)35)19-15-10-8-6-5-7-9-11-16-22-45-26-27-17-13-12-14-18-27/h12-14,17-18,20-21,23-25H,5-11,15-16,19,22,26H2,1-4H3. The number of aryl methyl sites for hydroxylation is 1. The molecule has 0 saturated heterocycles.